The third-order valence-corrected chi connectivity index (χ3v) is 4.58. The summed E-state index contributed by atoms with van der Waals surface area (Å²) < 4.78 is 10.8. The van der Waals surface area contributed by atoms with Gasteiger partial charge in [-0.15, -0.1) is 10.2 Å². The fourth-order valence-corrected chi connectivity index (χ4v) is 3.10. The summed E-state index contributed by atoms with van der Waals surface area (Å²) in [5, 5.41) is 16.9. The molecule has 3 N–H and O–H groups in total. The first-order valence-corrected chi connectivity index (χ1v) is 9.65. The van der Waals surface area contributed by atoms with Crippen LogP contribution in [-0.4, -0.2) is 42.5 Å². The second kappa shape index (κ2) is 10.3. The molecule has 0 radical (unpaired) electrons. The molecule has 1 saturated carbocycles. The molecule has 1 aliphatic carbocycles. The van der Waals surface area contributed by atoms with E-state index >= 15 is 0 Å². The summed E-state index contributed by atoms with van der Waals surface area (Å²) in [5.41, 5.74) is 0. The van der Waals surface area contributed by atoms with Gasteiger partial charge in [0.15, 0.2) is 5.82 Å². The van der Waals surface area contributed by atoms with Gasteiger partial charge in [0.25, 0.3) is 0 Å². The Kier molecular flexibility index (Phi) is 7.29. The molecule has 0 bridgehead atoms. The predicted octanol–water partition coefficient (Wildman–Crippen LogP) is 3.43. The van der Waals surface area contributed by atoms with Crippen molar-refractivity contribution in [2.24, 2.45) is 0 Å². The number of methoxy groups -OCH3 is 1. The zero-order valence-corrected chi connectivity index (χ0v) is 16.1. The summed E-state index contributed by atoms with van der Waals surface area (Å²) >= 11 is 0. The molecule has 150 valence electrons. The van der Waals surface area contributed by atoms with E-state index in [1.165, 1.54) is 19.3 Å². The lowest BCUT2D eigenvalue weighted by molar-refractivity contribution is 0.244. The number of hydrogen-bond acceptors (Lipinski definition) is 6. The number of carbonyl (C=O) groups is 1. The third kappa shape index (κ3) is 6.29. The molecule has 0 unspecified atom stereocenters. The van der Waals surface area contributed by atoms with E-state index in [-0.39, 0.29) is 12.1 Å². The van der Waals surface area contributed by atoms with Crippen molar-refractivity contribution in [1.82, 2.24) is 15.5 Å². The number of ether oxygens (including phenoxy) is 2. The molecule has 0 spiro atoms. The van der Waals surface area contributed by atoms with Gasteiger partial charge >= 0.3 is 6.03 Å². The molecule has 1 heterocycles. The fourth-order valence-electron chi connectivity index (χ4n) is 3.10. The van der Waals surface area contributed by atoms with Gasteiger partial charge in [0, 0.05) is 6.04 Å². The molecular formula is C20H27N5O3. The van der Waals surface area contributed by atoms with Crippen molar-refractivity contribution < 1.29 is 14.3 Å². The van der Waals surface area contributed by atoms with Crippen LogP contribution in [0.1, 0.15) is 32.1 Å². The minimum atomic E-state index is -0.227. The van der Waals surface area contributed by atoms with Crippen LogP contribution in [0.25, 0.3) is 0 Å². The maximum Gasteiger partial charge on any atom is 0.320 e. The lowest BCUT2D eigenvalue weighted by atomic mass is 9.96. The summed E-state index contributed by atoms with van der Waals surface area (Å²) in [4.78, 5) is 12.0. The van der Waals surface area contributed by atoms with Crippen molar-refractivity contribution in [2.75, 3.05) is 30.9 Å². The number of nitrogens with one attached hydrogen (secondary N) is 3. The van der Waals surface area contributed by atoms with Gasteiger partial charge in [-0.2, -0.15) is 0 Å². The molecule has 8 heteroatoms. The first-order chi connectivity index (χ1) is 13.7. The molecule has 1 aromatic heterocycles. The highest BCUT2D eigenvalue weighted by Crippen LogP contribution is 2.18. The van der Waals surface area contributed by atoms with Crippen LogP contribution in [-0.2, 0) is 0 Å². The van der Waals surface area contributed by atoms with Crippen molar-refractivity contribution in [3.63, 3.8) is 0 Å². The smallest absolute Gasteiger partial charge is 0.320 e. The van der Waals surface area contributed by atoms with E-state index in [0.717, 1.165) is 24.3 Å². The van der Waals surface area contributed by atoms with Crippen LogP contribution in [0, 0.1) is 0 Å². The molecule has 1 aliphatic rings. The zero-order valence-electron chi connectivity index (χ0n) is 16.1. The van der Waals surface area contributed by atoms with Gasteiger partial charge in [-0.05, 0) is 49.2 Å². The monoisotopic (exact) mass is 385 g/mol. The molecule has 2 amide bonds. The lowest BCUT2D eigenvalue weighted by Gasteiger charge is -2.22. The molecule has 3 rings (SSSR count). The molecule has 28 heavy (non-hydrogen) atoms. The topological polar surface area (TPSA) is 97.4 Å². The molecule has 0 saturated heterocycles. The largest absolute Gasteiger partial charge is 0.497 e. The number of anilines is 2. The number of urea groups is 1. The van der Waals surface area contributed by atoms with E-state index < -0.39 is 0 Å². The molecule has 1 aromatic carbocycles. The quantitative estimate of drug-likeness (QED) is 0.602. The Morgan fingerprint density at radius 2 is 1.68 bits per heavy atom. The number of amides is 2. The molecule has 0 aliphatic heterocycles. The normalized spacial score (nSPS) is 14.2. The highest BCUT2D eigenvalue weighted by atomic mass is 16.5. The zero-order chi connectivity index (χ0) is 19.6. The van der Waals surface area contributed by atoms with Crippen LogP contribution in [0.5, 0.6) is 11.5 Å². The molecule has 8 nitrogen and oxygen atoms in total. The minimum absolute atomic E-state index is 0.227. The van der Waals surface area contributed by atoms with Crippen LogP contribution in [0.3, 0.4) is 0 Å². The third-order valence-electron chi connectivity index (χ3n) is 4.58. The van der Waals surface area contributed by atoms with Gasteiger partial charge in [0.1, 0.15) is 23.9 Å². The summed E-state index contributed by atoms with van der Waals surface area (Å²) in [6.45, 7) is 1.06. The Hall–Kier alpha value is -3.03. The van der Waals surface area contributed by atoms with Gasteiger partial charge in [0.05, 0.1) is 13.7 Å². The Labute approximate surface area is 165 Å². The number of benzene rings is 1. The average Bonchev–Trinajstić information content (AvgIpc) is 2.73. The minimum Gasteiger partial charge on any atom is -0.497 e. The summed E-state index contributed by atoms with van der Waals surface area (Å²) in [5.74, 6) is 2.61. The number of aromatic nitrogens is 2. The maximum atomic E-state index is 12.0. The van der Waals surface area contributed by atoms with E-state index in [0.29, 0.717) is 24.8 Å². The molecule has 2 aromatic rings. The Morgan fingerprint density at radius 3 is 2.36 bits per heavy atom. The van der Waals surface area contributed by atoms with E-state index in [1.807, 2.05) is 24.3 Å². The van der Waals surface area contributed by atoms with Crippen LogP contribution >= 0.6 is 0 Å². The van der Waals surface area contributed by atoms with Gasteiger partial charge in [0.2, 0.25) is 0 Å². The highest BCUT2D eigenvalue weighted by Gasteiger charge is 2.15. The second-order valence-corrected chi connectivity index (χ2v) is 6.69. The Balaban J connectivity index is 1.35. The highest BCUT2D eigenvalue weighted by molar-refractivity contribution is 5.88. The average molecular weight is 385 g/mol. The second-order valence-electron chi connectivity index (χ2n) is 6.69. The van der Waals surface area contributed by atoms with Crippen molar-refractivity contribution in [3.05, 3.63) is 36.4 Å². The van der Waals surface area contributed by atoms with Crippen LogP contribution < -0.4 is 25.4 Å². The predicted molar refractivity (Wildman–Crippen MR) is 108 cm³/mol. The molecule has 1 fully saturated rings. The first kappa shape index (κ1) is 19.7. The van der Waals surface area contributed by atoms with E-state index in [1.54, 1.807) is 19.2 Å². The van der Waals surface area contributed by atoms with E-state index in [9.17, 15) is 4.79 Å². The standard InChI is InChI=1S/C20H27N5O3/c1-27-16-7-9-17(10-8-16)28-14-13-21-18-11-12-19(25-24-18)23-20(26)22-15-5-3-2-4-6-15/h7-12,15H,2-6,13-14H2,1H3,(H,21,24)(H2,22,23,25,26). The van der Waals surface area contributed by atoms with E-state index in [2.05, 4.69) is 26.1 Å². The number of nitrogens with zero attached hydrogens (tertiary/aromatic N) is 2. The fraction of sp³-hybridized carbons (Fsp3) is 0.450. The van der Waals surface area contributed by atoms with Crippen LogP contribution in [0.4, 0.5) is 16.4 Å². The van der Waals surface area contributed by atoms with Gasteiger partial charge in [-0.1, -0.05) is 19.3 Å². The molecule has 0 atom stereocenters. The lowest BCUT2D eigenvalue weighted by Crippen LogP contribution is -2.39. The van der Waals surface area contributed by atoms with E-state index in [4.69, 9.17) is 9.47 Å². The Morgan fingerprint density at radius 1 is 1.00 bits per heavy atom. The SMILES string of the molecule is COc1ccc(OCCNc2ccc(NC(=O)NC3CCCCC3)nn2)cc1. The van der Waals surface area contributed by atoms with Crippen molar-refractivity contribution in [2.45, 2.75) is 38.1 Å². The number of rotatable bonds is 8. The van der Waals surface area contributed by atoms with Crippen molar-refractivity contribution in [3.8, 4) is 11.5 Å². The number of hydrogen-bond donors (Lipinski definition) is 3. The number of carbonyl (C=O) groups excluding carboxylic acids is 1. The van der Waals surface area contributed by atoms with Crippen LogP contribution in [0.15, 0.2) is 36.4 Å². The Bertz CT molecular complexity index is 731. The summed E-state index contributed by atoms with van der Waals surface area (Å²) in [7, 11) is 1.63. The van der Waals surface area contributed by atoms with Gasteiger partial charge in [-0.25, -0.2) is 4.79 Å². The molecular weight excluding hydrogens is 358 g/mol. The van der Waals surface area contributed by atoms with Gasteiger partial charge < -0.3 is 20.1 Å². The summed E-state index contributed by atoms with van der Waals surface area (Å²) in [6, 6.07) is 10.9. The van der Waals surface area contributed by atoms with Crippen LogP contribution in [0.2, 0.25) is 0 Å². The summed E-state index contributed by atoms with van der Waals surface area (Å²) in [6.07, 6.45) is 5.69. The maximum absolute atomic E-state index is 12.0. The van der Waals surface area contributed by atoms with Crippen molar-refractivity contribution >= 4 is 17.7 Å². The first-order valence-electron chi connectivity index (χ1n) is 9.65. The van der Waals surface area contributed by atoms with Crippen molar-refractivity contribution in [1.29, 1.82) is 0 Å². The van der Waals surface area contributed by atoms with Gasteiger partial charge in [-0.3, -0.25) is 5.32 Å².